The Hall–Kier alpha value is -3.58. The van der Waals surface area contributed by atoms with E-state index in [0.717, 1.165) is 17.7 Å². The fourth-order valence-electron chi connectivity index (χ4n) is 3.37. The standard InChI is InChI=1S/C23H18N2O2/c1-23(12-7-13-27-23)18-14-21(20-11-6-5-8-17(20)15-24)22(26)25(16-18)19-9-3-2-4-10-19/h2-11,13-14,16H,12H2,1H3. The third-order valence-electron chi connectivity index (χ3n) is 4.93. The van der Waals surface area contributed by atoms with Gasteiger partial charge in [-0.25, -0.2) is 0 Å². The molecule has 1 aliphatic heterocycles. The summed E-state index contributed by atoms with van der Waals surface area (Å²) >= 11 is 0. The number of pyridine rings is 1. The number of nitriles is 1. The molecule has 1 unspecified atom stereocenters. The van der Waals surface area contributed by atoms with Crippen molar-refractivity contribution in [2.75, 3.05) is 0 Å². The lowest BCUT2D eigenvalue weighted by atomic mass is 9.91. The first kappa shape index (κ1) is 16.9. The Morgan fingerprint density at radius 1 is 1.07 bits per heavy atom. The van der Waals surface area contributed by atoms with Gasteiger partial charge in [0.15, 0.2) is 0 Å². The lowest BCUT2D eigenvalue weighted by molar-refractivity contribution is 0.0604. The molecule has 0 spiro atoms. The molecule has 2 aromatic carbocycles. The molecule has 0 saturated heterocycles. The quantitative estimate of drug-likeness (QED) is 0.694. The highest BCUT2D eigenvalue weighted by Crippen LogP contribution is 2.35. The van der Waals surface area contributed by atoms with Crippen molar-refractivity contribution in [3.8, 4) is 22.9 Å². The maximum Gasteiger partial charge on any atom is 0.263 e. The monoisotopic (exact) mass is 354 g/mol. The summed E-state index contributed by atoms with van der Waals surface area (Å²) < 4.78 is 7.47. The lowest BCUT2D eigenvalue weighted by Gasteiger charge is -2.26. The van der Waals surface area contributed by atoms with Crippen LogP contribution in [0.1, 0.15) is 24.5 Å². The van der Waals surface area contributed by atoms with Gasteiger partial charge in [-0.2, -0.15) is 5.26 Å². The second-order valence-electron chi connectivity index (χ2n) is 6.74. The highest BCUT2D eigenvalue weighted by atomic mass is 16.5. The second kappa shape index (κ2) is 6.62. The van der Waals surface area contributed by atoms with Gasteiger partial charge in [0.05, 0.1) is 17.9 Å². The van der Waals surface area contributed by atoms with E-state index in [1.54, 1.807) is 23.0 Å². The molecule has 1 aliphatic rings. The van der Waals surface area contributed by atoms with Crippen molar-refractivity contribution < 1.29 is 4.74 Å². The van der Waals surface area contributed by atoms with Gasteiger partial charge in [0, 0.05) is 35.0 Å². The average molecular weight is 354 g/mol. The second-order valence-corrected chi connectivity index (χ2v) is 6.74. The van der Waals surface area contributed by atoms with Crippen molar-refractivity contribution >= 4 is 0 Å². The Bertz CT molecular complexity index is 1110. The molecule has 0 aliphatic carbocycles. The van der Waals surface area contributed by atoms with E-state index < -0.39 is 5.60 Å². The molecule has 0 saturated carbocycles. The number of hydrogen-bond acceptors (Lipinski definition) is 3. The van der Waals surface area contributed by atoms with Crippen molar-refractivity contribution in [1.82, 2.24) is 4.57 Å². The van der Waals surface area contributed by atoms with Gasteiger partial charge in [-0.1, -0.05) is 36.4 Å². The largest absolute Gasteiger partial charge is 0.490 e. The topological polar surface area (TPSA) is 55.0 Å². The van der Waals surface area contributed by atoms with Crippen LogP contribution in [0.3, 0.4) is 0 Å². The van der Waals surface area contributed by atoms with E-state index in [1.807, 2.05) is 67.7 Å². The smallest absolute Gasteiger partial charge is 0.263 e. The summed E-state index contributed by atoms with van der Waals surface area (Å²) in [6, 6.07) is 20.7. The average Bonchev–Trinajstić information content (AvgIpc) is 3.16. The van der Waals surface area contributed by atoms with Crippen LogP contribution in [0.4, 0.5) is 0 Å². The molecule has 0 fully saturated rings. The lowest BCUT2D eigenvalue weighted by Crippen LogP contribution is -2.27. The Labute approximate surface area is 157 Å². The van der Waals surface area contributed by atoms with Crippen LogP contribution in [-0.2, 0) is 10.3 Å². The van der Waals surface area contributed by atoms with E-state index in [2.05, 4.69) is 6.07 Å². The van der Waals surface area contributed by atoms with Crippen LogP contribution < -0.4 is 5.56 Å². The molecule has 3 aromatic rings. The number of nitrogens with zero attached hydrogens (tertiary/aromatic N) is 2. The Balaban J connectivity index is 2.01. The van der Waals surface area contributed by atoms with Crippen LogP contribution in [0.2, 0.25) is 0 Å². The molecule has 2 heterocycles. The number of rotatable bonds is 3. The minimum Gasteiger partial charge on any atom is -0.490 e. The minimum absolute atomic E-state index is 0.165. The summed E-state index contributed by atoms with van der Waals surface area (Å²) in [6.07, 6.45) is 6.23. The zero-order chi connectivity index (χ0) is 18.9. The van der Waals surface area contributed by atoms with E-state index >= 15 is 0 Å². The first-order valence-corrected chi connectivity index (χ1v) is 8.77. The third kappa shape index (κ3) is 2.94. The van der Waals surface area contributed by atoms with Gasteiger partial charge in [0.1, 0.15) is 5.60 Å². The molecule has 0 radical (unpaired) electrons. The van der Waals surface area contributed by atoms with Crippen molar-refractivity contribution in [3.05, 3.63) is 101 Å². The molecule has 4 heteroatoms. The van der Waals surface area contributed by atoms with Crippen molar-refractivity contribution in [1.29, 1.82) is 5.26 Å². The summed E-state index contributed by atoms with van der Waals surface area (Å²) in [5.74, 6) is 0. The predicted molar refractivity (Wildman–Crippen MR) is 104 cm³/mol. The molecule has 1 aromatic heterocycles. The number of benzene rings is 2. The molecule has 0 N–H and O–H groups in total. The molecular formula is C23H18N2O2. The maximum absolute atomic E-state index is 13.3. The summed E-state index contributed by atoms with van der Waals surface area (Å²) in [5, 5.41) is 9.49. The fourth-order valence-corrected chi connectivity index (χ4v) is 3.37. The molecular weight excluding hydrogens is 336 g/mol. The number of para-hydroxylation sites is 1. The van der Waals surface area contributed by atoms with Gasteiger partial charge in [-0.05, 0) is 37.3 Å². The molecule has 27 heavy (non-hydrogen) atoms. The Kier molecular flexibility index (Phi) is 4.13. The SMILES string of the molecule is CC1(c2cc(-c3ccccc3C#N)c(=O)n(-c3ccccc3)c2)CC=CO1. The van der Waals surface area contributed by atoms with Crippen molar-refractivity contribution in [2.24, 2.45) is 0 Å². The first-order chi connectivity index (χ1) is 13.1. The fraction of sp³-hybridized carbons (Fsp3) is 0.130. The van der Waals surface area contributed by atoms with Gasteiger partial charge < -0.3 is 4.74 Å². The van der Waals surface area contributed by atoms with Crippen molar-refractivity contribution in [3.63, 3.8) is 0 Å². The highest BCUT2D eigenvalue weighted by Gasteiger charge is 2.31. The van der Waals surface area contributed by atoms with Crippen LogP contribution in [-0.4, -0.2) is 4.57 Å². The third-order valence-corrected chi connectivity index (χ3v) is 4.93. The van der Waals surface area contributed by atoms with Gasteiger partial charge in [-0.3, -0.25) is 9.36 Å². The van der Waals surface area contributed by atoms with Gasteiger partial charge in [0.2, 0.25) is 0 Å². The zero-order valence-corrected chi connectivity index (χ0v) is 14.9. The van der Waals surface area contributed by atoms with Crippen molar-refractivity contribution in [2.45, 2.75) is 18.9 Å². The molecule has 0 bridgehead atoms. The Morgan fingerprint density at radius 2 is 1.81 bits per heavy atom. The molecule has 0 amide bonds. The summed E-state index contributed by atoms with van der Waals surface area (Å²) in [6.45, 7) is 2.00. The van der Waals surface area contributed by atoms with Gasteiger partial charge in [0.25, 0.3) is 5.56 Å². The summed E-state index contributed by atoms with van der Waals surface area (Å²) in [7, 11) is 0. The van der Waals surface area contributed by atoms with E-state index in [0.29, 0.717) is 16.7 Å². The maximum atomic E-state index is 13.3. The summed E-state index contributed by atoms with van der Waals surface area (Å²) in [5.41, 5.74) is 2.55. The molecule has 4 nitrogen and oxygen atoms in total. The van der Waals surface area contributed by atoms with Gasteiger partial charge >= 0.3 is 0 Å². The van der Waals surface area contributed by atoms with E-state index in [9.17, 15) is 10.1 Å². The van der Waals surface area contributed by atoms with E-state index in [4.69, 9.17) is 4.74 Å². The molecule has 4 rings (SSSR count). The highest BCUT2D eigenvalue weighted by molar-refractivity contribution is 5.70. The van der Waals surface area contributed by atoms with Crippen LogP contribution in [0, 0.1) is 11.3 Å². The van der Waals surface area contributed by atoms with E-state index in [-0.39, 0.29) is 5.56 Å². The van der Waals surface area contributed by atoms with Crippen LogP contribution in [0.5, 0.6) is 0 Å². The number of aromatic nitrogens is 1. The van der Waals surface area contributed by atoms with Crippen LogP contribution in [0.15, 0.2) is 84.0 Å². The number of ether oxygens (including phenoxy) is 1. The molecule has 132 valence electrons. The minimum atomic E-state index is -0.541. The van der Waals surface area contributed by atoms with Crippen LogP contribution >= 0.6 is 0 Å². The normalized spacial score (nSPS) is 18.1. The summed E-state index contributed by atoms with van der Waals surface area (Å²) in [4.78, 5) is 13.3. The molecule has 1 atom stereocenters. The predicted octanol–water partition coefficient (Wildman–Crippen LogP) is 4.53. The first-order valence-electron chi connectivity index (χ1n) is 8.77. The number of hydrogen-bond donors (Lipinski definition) is 0. The van der Waals surface area contributed by atoms with E-state index in [1.165, 1.54) is 0 Å². The van der Waals surface area contributed by atoms with Gasteiger partial charge in [-0.15, -0.1) is 0 Å². The zero-order valence-electron chi connectivity index (χ0n) is 14.9. The Morgan fingerprint density at radius 3 is 2.52 bits per heavy atom. The van der Waals surface area contributed by atoms with Crippen LogP contribution in [0.25, 0.3) is 16.8 Å².